The highest BCUT2D eigenvalue weighted by Gasteiger charge is 2.27. The molecule has 37 heavy (non-hydrogen) atoms. The van der Waals surface area contributed by atoms with Crippen LogP contribution < -0.4 is 9.64 Å². The van der Waals surface area contributed by atoms with Gasteiger partial charge < -0.3 is 14.4 Å². The molecule has 3 aromatic rings. The lowest BCUT2D eigenvalue weighted by Gasteiger charge is -2.26. The first-order valence-electron chi connectivity index (χ1n) is 12.0. The molecule has 0 saturated carbocycles. The minimum Gasteiger partial charge on any atom is -0.494 e. The monoisotopic (exact) mass is 568 g/mol. The van der Waals surface area contributed by atoms with E-state index in [1.54, 1.807) is 17.0 Å². The zero-order valence-electron chi connectivity index (χ0n) is 21.3. The number of amides is 1. The summed E-state index contributed by atoms with van der Waals surface area (Å²) < 4.78 is 39.1. The highest BCUT2D eigenvalue weighted by Crippen LogP contribution is 2.32. The number of carbonyl (C=O) groups is 1. The van der Waals surface area contributed by atoms with Gasteiger partial charge in [0.05, 0.1) is 34.9 Å². The maximum Gasteiger partial charge on any atom is 0.260 e. The predicted molar refractivity (Wildman–Crippen MR) is 149 cm³/mol. The molecule has 1 aliphatic heterocycles. The van der Waals surface area contributed by atoms with Crippen molar-refractivity contribution in [2.45, 2.75) is 18.2 Å². The number of thiazole rings is 1. The number of carbonyl (C=O) groups excluding carboxylic acids is 1. The number of morpholine rings is 1. The lowest BCUT2D eigenvalue weighted by atomic mass is 10.2. The molecule has 4 rings (SSSR count). The minimum absolute atomic E-state index is 0. The van der Waals surface area contributed by atoms with Crippen LogP contribution in [0.3, 0.4) is 0 Å². The summed E-state index contributed by atoms with van der Waals surface area (Å²) in [6.45, 7) is 5.23. The molecule has 1 aromatic heterocycles. The van der Waals surface area contributed by atoms with E-state index in [9.17, 15) is 13.2 Å². The van der Waals surface area contributed by atoms with E-state index in [1.165, 1.54) is 27.8 Å². The van der Waals surface area contributed by atoms with Crippen LogP contribution in [0.15, 0.2) is 47.4 Å². The van der Waals surface area contributed by atoms with E-state index >= 15 is 0 Å². The molecular weight excluding hydrogens is 536 g/mol. The van der Waals surface area contributed by atoms with Gasteiger partial charge in [0.2, 0.25) is 10.0 Å². The number of aromatic nitrogens is 1. The molecular formula is C25H33ClN4O5S2. The summed E-state index contributed by atoms with van der Waals surface area (Å²) in [7, 11) is 0.360. The van der Waals surface area contributed by atoms with Gasteiger partial charge in [-0.1, -0.05) is 11.3 Å². The molecule has 0 aliphatic carbocycles. The Morgan fingerprint density at radius 2 is 1.81 bits per heavy atom. The summed E-state index contributed by atoms with van der Waals surface area (Å²) >= 11 is 1.44. The van der Waals surface area contributed by atoms with Crippen LogP contribution in [0.1, 0.15) is 23.7 Å². The average Bonchev–Trinajstić information content (AvgIpc) is 3.30. The van der Waals surface area contributed by atoms with E-state index in [0.717, 1.165) is 28.9 Å². The lowest BCUT2D eigenvalue weighted by molar-refractivity contribution is 0.0730. The predicted octanol–water partition coefficient (Wildman–Crippen LogP) is 3.74. The van der Waals surface area contributed by atoms with E-state index in [0.29, 0.717) is 50.1 Å². The second kappa shape index (κ2) is 13.0. The highest BCUT2D eigenvalue weighted by molar-refractivity contribution is 7.89. The molecule has 0 unspecified atom stereocenters. The summed E-state index contributed by atoms with van der Waals surface area (Å²) in [5, 5.41) is 0.604. The Balaban J connectivity index is 0.00000380. The molecule has 0 atom stereocenters. The van der Waals surface area contributed by atoms with Gasteiger partial charge in [0.15, 0.2) is 5.13 Å². The Hall–Kier alpha value is -2.28. The van der Waals surface area contributed by atoms with Gasteiger partial charge in [0.25, 0.3) is 5.91 Å². The van der Waals surface area contributed by atoms with Gasteiger partial charge in [-0.3, -0.25) is 9.69 Å². The number of halogens is 1. The fourth-order valence-electron chi connectivity index (χ4n) is 3.96. The van der Waals surface area contributed by atoms with E-state index in [4.69, 9.17) is 14.5 Å². The molecule has 2 heterocycles. The van der Waals surface area contributed by atoms with Gasteiger partial charge in [0.1, 0.15) is 5.75 Å². The Bertz CT molecular complexity index is 1290. The molecule has 1 saturated heterocycles. The van der Waals surface area contributed by atoms with Crippen LogP contribution >= 0.6 is 23.7 Å². The van der Waals surface area contributed by atoms with Gasteiger partial charge in [-0.05, 0) is 76.4 Å². The number of anilines is 1. The average molecular weight is 569 g/mol. The van der Waals surface area contributed by atoms with Crippen molar-refractivity contribution in [3.8, 4) is 5.75 Å². The fourth-order valence-corrected chi connectivity index (χ4v) is 6.38. The number of sulfonamides is 1. The number of hydrogen-bond donors (Lipinski definition) is 0. The van der Waals surface area contributed by atoms with Crippen molar-refractivity contribution in [1.29, 1.82) is 0 Å². The van der Waals surface area contributed by atoms with Crippen LogP contribution in [0.25, 0.3) is 10.2 Å². The van der Waals surface area contributed by atoms with Crippen molar-refractivity contribution < 1.29 is 22.7 Å². The Morgan fingerprint density at radius 3 is 2.46 bits per heavy atom. The molecule has 1 fully saturated rings. The van der Waals surface area contributed by atoms with Crippen molar-refractivity contribution in [3.05, 3.63) is 48.0 Å². The van der Waals surface area contributed by atoms with Crippen molar-refractivity contribution in [2.24, 2.45) is 0 Å². The molecule has 0 N–H and O–H groups in total. The van der Waals surface area contributed by atoms with Gasteiger partial charge in [-0.25, -0.2) is 13.4 Å². The van der Waals surface area contributed by atoms with E-state index in [1.807, 2.05) is 39.2 Å². The molecule has 9 nitrogen and oxygen atoms in total. The number of hydrogen-bond acceptors (Lipinski definition) is 8. The van der Waals surface area contributed by atoms with E-state index < -0.39 is 10.0 Å². The zero-order valence-corrected chi connectivity index (χ0v) is 23.7. The third-order valence-electron chi connectivity index (χ3n) is 5.83. The van der Waals surface area contributed by atoms with E-state index in [2.05, 4.69) is 4.90 Å². The van der Waals surface area contributed by atoms with Crippen LogP contribution in [0.2, 0.25) is 0 Å². The van der Waals surface area contributed by atoms with Crippen LogP contribution in [0.5, 0.6) is 5.75 Å². The smallest absolute Gasteiger partial charge is 0.260 e. The minimum atomic E-state index is -3.63. The third kappa shape index (κ3) is 6.98. The maximum atomic E-state index is 13.6. The number of ether oxygens (including phenoxy) is 2. The molecule has 202 valence electrons. The van der Waals surface area contributed by atoms with Gasteiger partial charge >= 0.3 is 0 Å². The maximum absolute atomic E-state index is 13.6. The zero-order chi connectivity index (χ0) is 25.7. The number of fused-ring (bicyclic) bond motifs is 1. The van der Waals surface area contributed by atoms with Crippen molar-refractivity contribution in [1.82, 2.24) is 14.2 Å². The van der Waals surface area contributed by atoms with Gasteiger partial charge in [-0.2, -0.15) is 4.31 Å². The van der Waals surface area contributed by atoms with Crippen LogP contribution in [0, 0.1) is 0 Å². The first kappa shape index (κ1) is 29.3. The quantitative estimate of drug-likeness (QED) is 0.368. The van der Waals surface area contributed by atoms with Crippen LogP contribution in [-0.4, -0.2) is 88.6 Å². The Morgan fingerprint density at radius 1 is 1.11 bits per heavy atom. The summed E-state index contributed by atoms with van der Waals surface area (Å²) in [6.07, 6.45) is 0.766. The standard InChI is InChI=1S/C25H32N4O5S2.ClH/c1-4-34-20-8-11-22-23(18-20)35-25(26-22)29(13-5-12-27(2)3)24(30)19-6-9-21(10-7-19)36(31,32)28-14-16-33-17-15-28;/h6-11,18H,4-5,12-17H2,1-3H3;1H. The Kier molecular flexibility index (Phi) is 10.3. The third-order valence-corrected chi connectivity index (χ3v) is 8.79. The second-order valence-corrected chi connectivity index (χ2v) is 11.7. The normalized spacial score (nSPS) is 14.5. The summed E-state index contributed by atoms with van der Waals surface area (Å²) in [6, 6.07) is 11.9. The summed E-state index contributed by atoms with van der Waals surface area (Å²) in [5.41, 5.74) is 1.21. The summed E-state index contributed by atoms with van der Waals surface area (Å²) in [5.74, 6) is 0.552. The number of rotatable bonds is 10. The molecule has 1 aliphatic rings. The van der Waals surface area contributed by atoms with Crippen LogP contribution in [-0.2, 0) is 14.8 Å². The van der Waals surface area contributed by atoms with Crippen LogP contribution in [0.4, 0.5) is 5.13 Å². The van der Waals surface area contributed by atoms with Crippen molar-refractivity contribution in [2.75, 3.05) is 65.0 Å². The molecule has 0 radical (unpaired) electrons. The van der Waals surface area contributed by atoms with Gasteiger partial charge in [-0.15, -0.1) is 12.4 Å². The fraction of sp³-hybridized carbons (Fsp3) is 0.440. The summed E-state index contributed by atoms with van der Waals surface area (Å²) in [4.78, 5) is 22.2. The Labute approximate surface area is 228 Å². The number of benzene rings is 2. The number of nitrogens with zero attached hydrogens (tertiary/aromatic N) is 4. The highest BCUT2D eigenvalue weighted by atomic mass is 35.5. The second-order valence-electron chi connectivity index (χ2n) is 8.71. The molecule has 12 heteroatoms. The van der Waals surface area contributed by atoms with Gasteiger partial charge in [0, 0.05) is 25.2 Å². The largest absolute Gasteiger partial charge is 0.494 e. The topological polar surface area (TPSA) is 92.3 Å². The molecule has 1 amide bonds. The van der Waals surface area contributed by atoms with Crippen molar-refractivity contribution >= 4 is 55.0 Å². The SMILES string of the molecule is CCOc1ccc2nc(N(CCCN(C)C)C(=O)c3ccc(S(=O)(=O)N4CCOCC4)cc3)sc2c1.Cl. The van der Waals surface area contributed by atoms with Crippen molar-refractivity contribution in [3.63, 3.8) is 0 Å². The molecule has 2 aromatic carbocycles. The first-order chi connectivity index (χ1) is 17.3. The molecule has 0 bridgehead atoms. The molecule has 0 spiro atoms. The lowest BCUT2D eigenvalue weighted by Crippen LogP contribution is -2.40. The van der Waals surface area contributed by atoms with E-state index in [-0.39, 0.29) is 23.2 Å². The first-order valence-corrected chi connectivity index (χ1v) is 14.2.